The lowest BCUT2D eigenvalue weighted by molar-refractivity contribution is -0.384. The molecule has 176 valence electrons. The third-order valence-electron chi connectivity index (χ3n) is 5.57. The SMILES string of the molecule is Cc1cc(C)c2nc3sc(=Cc4cc([N+](=O)[O-])ccc4OCc4ccc(Cl)cc4Cl)c(=O)n3c2c1. The molecule has 0 aliphatic carbocycles. The summed E-state index contributed by atoms with van der Waals surface area (Å²) in [7, 11) is 0. The molecule has 2 heterocycles. The molecule has 0 bridgehead atoms. The minimum Gasteiger partial charge on any atom is -0.488 e. The van der Waals surface area contributed by atoms with Gasteiger partial charge in [-0.05, 0) is 55.3 Å². The molecule has 10 heteroatoms. The Hall–Kier alpha value is -3.46. The first-order valence-corrected chi connectivity index (χ1v) is 12.1. The van der Waals surface area contributed by atoms with E-state index >= 15 is 0 Å². The maximum absolute atomic E-state index is 13.3. The Morgan fingerprint density at radius 3 is 2.69 bits per heavy atom. The number of ether oxygens (including phenoxy) is 1. The molecular formula is C25H17Cl2N3O4S. The lowest BCUT2D eigenvalue weighted by atomic mass is 10.1. The third-order valence-corrected chi connectivity index (χ3v) is 7.12. The van der Waals surface area contributed by atoms with Gasteiger partial charge in [0.05, 0.1) is 20.5 Å². The first-order valence-electron chi connectivity index (χ1n) is 10.5. The number of hydrogen-bond acceptors (Lipinski definition) is 6. The number of aromatic nitrogens is 2. The summed E-state index contributed by atoms with van der Waals surface area (Å²) in [4.78, 5) is 29.4. The summed E-state index contributed by atoms with van der Waals surface area (Å²) in [6.45, 7) is 4.05. The fraction of sp³-hybridized carbons (Fsp3) is 0.120. The van der Waals surface area contributed by atoms with E-state index in [0.717, 1.165) is 22.2 Å². The number of halogens is 2. The van der Waals surface area contributed by atoms with Crippen LogP contribution in [-0.4, -0.2) is 14.3 Å². The van der Waals surface area contributed by atoms with Crippen LogP contribution in [-0.2, 0) is 6.61 Å². The van der Waals surface area contributed by atoms with Gasteiger partial charge in [-0.15, -0.1) is 0 Å². The zero-order chi connectivity index (χ0) is 24.9. The van der Waals surface area contributed by atoms with E-state index in [0.29, 0.717) is 36.4 Å². The number of non-ortho nitro benzene ring substituents is 1. The molecule has 0 N–H and O–H groups in total. The normalized spacial score (nSPS) is 12.1. The Balaban J connectivity index is 1.62. The maximum atomic E-state index is 13.3. The Bertz CT molecular complexity index is 1760. The summed E-state index contributed by atoms with van der Waals surface area (Å²) in [5.74, 6) is 0.378. The molecule has 5 aromatic rings. The van der Waals surface area contributed by atoms with Gasteiger partial charge in [-0.2, -0.15) is 0 Å². The zero-order valence-corrected chi connectivity index (χ0v) is 20.9. The van der Waals surface area contributed by atoms with Crippen LogP contribution in [0.2, 0.25) is 10.0 Å². The molecule has 0 radical (unpaired) electrons. The minimum absolute atomic E-state index is 0.112. The summed E-state index contributed by atoms with van der Waals surface area (Å²) in [5.41, 5.74) is 4.31. The average Bonchev–Trinajstić information content (AvgIpc) is 3.30. The molecule has 0 saturated carbocycles. The second kappa shape index (κ2) is 8.96. The number of fused-ring (bicyclic) bond motifs is 3. The first-order chi connectivity index (χ1) is 16.7. The topological polar surface area (TPSA) is 86.7 Å². The van der Waals surface area contributed by atoms with E-state index in [2.05, 4.69) is 4.98 Å². The lowest BCUT2D eigenvalue weighted by Gasteiger charge is -2.10. The molecule has 0 aliphatic heterocycles. The van der Waals surface area contributed by atoms with Gasteiger partial charge in [-0.25, -0.2) is 9.38 Å². The molecule has 0 unspecified atom stereocenters. The summed E-state index contributed by atoms with van der Waals surface area (Å²) < 4.78 is 7.92. The van der Waals surface area contributed by atoms with Crippen molar-refractivity contribution in [2.24, 2.45) is 0 Å². The van der Waals surface area contributed by atoms with E-state index in [9.17, 15) is 14.9 Å². The molecule has 3 aromatic carbocycles. The Morgan fingerprint density at radius 2 is 1.94 bits per heavy atom. The third kappa shape index (κ3) is 4.36. The standard InChI is InChI=1S/C25H17Cl2N3O4S/c1-13-7-14(2)23-20(8-13)29-24(31)22(35-25(29)28-23)10-16-9-18(30(32)33)5-6-21(16)34-12-15-3-4-17(26)11-19(15)27/h3-11H,12H2,1-2H3. The highest BCUT2D eigenvalue weighted by atomic mass is 35.5. The van der Waals surface area contributed by atoms with Crippen LogP contribution in [0.15, 0.2) is 53.3 Å². The quantitative estimate of drug-likeness (QED) is 0.211. The smallest absolute Gasteiger partial charge is 0.274 e. The Labute approximate surface area is 213 Å². The van der Waals surface area contributed by atoms with E-state index in [1.165, 1.54) is 29.5 Å². The van der Waals surface area contributed by atoms with Crippen molar-refractivity contribution >= 4 is 62.3 Å². The maximum Gasteiger partial charge on any atom is 0.274 e. The molecular weight excluding hydrogens is 509 g/mol. The van der Waals surface area contributed by atoms with E-state index in [4.69, 9.17) is 27.9 Å². The summed E-state index contributed by atoms with van der Waals surface area (Å²) in [6.07, 6.45) is 1.60. The van der Waals surface area contributed by atoms with Crippen molar-refractivity contribution in [1.29, 1.82) is 0 Å². The van der Waals surface area contributed by atoms with Crippen LogP contribution in [0.4, 0.5) is 5.69 Å². The van der Waals surface area contributed by atoms with Crippen LogP contribution in [0, 0.1) is 24.0 Å². The van der Waals surface area contributed by atoms with Crippen molar-refractivity contribution in [3.8, 4) is 5.75 Å². The number of aryl methyl sites for hydroxylation is 2. The second-order valence-corrected chi connectivity index (χ2v) is 9.95. The fourth-order valence-electron chi connectivity index (χ4n) is 3.94. The highest BCUT2D eigenvalue weighted by molar-refractivity contribution is 7.15. The number of benzene rings is 3. The van der Waals surface area contributed by atoms with Gasteiger partial charge >= 0.3 is 0 Å². The van der Waals surface area contributed by atoms with E-state index < -0.39 is 4.92 Å². The van der Waals surface area contributed by atoms with Crippen molar-refractivity contribution in [2.75, 3.05) is 0 Å². The van der Waals surface area contributed by atoms with Gasteiger partial charge in [-0.3, -0.25) is 14.9 Å². The van der Waals surface area contributed by atoms with Gasteiger partial charge in [-0.1, -0.05) is 46.7 Å². The Morgan fingerprint density at radius 1 is 1.14 bits per heavy atom. The van der Waals surface area contributed by atoms with Gasteiger partial charge in [0.2, 0.25) is 0 Å². The van der Waals surface area contributed by atoms with Crippen LogP contribution in [0.1, 0.15) is 22.3 Å². The molecule has 7 nitrogen and oxygen atoms in total. The molecule has 0 aliphatic rings. The molecule has 2 aromatic heterocycles. The van der Waals surface area contributed by atoms with Crippen LogP contribution >= 0.6 is 34.5 Å². The minimum atomic E-state index is -0.490. The molecule has 0 atom stereocenters. The zero-order valence-electron chi connectivity index (χ0n) is 18.5. The Kier molecular flexibility index (Phi) is 5.96. The van der Waals surface area contributed by atoms with E-state index in [-0.39, 0.29) is 17.9 Å². The molecule has 0 fully saturated rings. The summed E-state index contributed by atoms with van der Waals surface area (Å²) >= 11 is 13.4. The van der Waals surface area contributed by atoms with Crippen LogP contribution in [0.25, 0.3) is 22.1 Å². The fourth-order valence-corrected chi connectivity index (χ4v) is 5.37. The highest BCUT2D eigenvalue weighted by Crippen LogP contribution is 2.28. The van der Waals surface area contributed by atoms with Crippen molar-refractivity contribution in [1.82, 2.24) is 9.38 Å². The van der Waals surface area contributed by atoms with Gasteiger partial charge in [0.15, 0.2) is 4.96 Å². The number of nitro benzene ring substituents is 1. The highest BCUT2D eigenvalue weighted by Gasteiger charge is 2.16. The van der Waals surface area contributed by atoms with Gasteiger partial charge in [0, 0.05) is 33.3 Å². The first kappa shape index (κ1) is 23.3. The van der Waals surface area contributed by atoms with E-state index in [1.807, 2.05) is 26.0 Å². The number of imidazole rings is 1. The number of thiazole rings is 1. The van der Waals surface area contributed by atoms with E-state index in [1.54, 1.807) is 28.7 Å². The largest absolute Gasteiger partial charge is 0.488 e. The predicted octanol–water partition coefficient (Wildman–Crippen LogP) is 5.87. The molecule has 0 amide bonds. The molecule has 35 heavy (non-hydrogen) atoms. The van der Waals surface area contributed by atoms with Gasteiger partial charge in [0.25, 0.3) is 11.2 Å². The molecule has 0 saturated heterocycles. The summed E-state index contributed by atoms with van der Waals surface area (Å²) in [5, 5.41) is 12.4. The van der Waals surface area contributed by atoms with Crippen LogP contribution in [0.3, 0.4) is 0 Å². The second-order valence-electron chi connectivity index (χ2n) is 8.10. The average molecular weight is 526 g/mol. The van der Waals surface area contributed by atoms with Crippen LogP contribution in [0.5, 0.6) is 5.75 Å². The van der Waals surface area contributed by atoms with Gasteiger partial charge in [0.1, 0.15) is 12.4 Å². The predicted molar refractivity (Wildman–Crippen MR) is 139 cm³/mol. The number of nitrogens with zero attached hydrogens (tertiary/aromatic N) is 3. The van der Waals surface area contributed by atoms with Gasteiger partial charge < -0.3 is 4.74 Å². The van der Waals surface area contributed by atoms with Crippen molar-refractivity contribution < 1.29 is 9.66 Å². The number of rotatable bonds is 5. The molecule has 0 spiro atoms. The molecule has 5 rings (SSSR count). The number of hydrogen-bond donors (Lipinski definition) is 0. The van der Waals surface area contributed by atoms with Crippen molar-refractivity contribution in [2.45, 2.75) is 20.5 Å². The monoisotopic (exact) mass is 525 g/mol. The number of nitro groups is 1. The van der Waals surface area contributed by atoms with Crippen molar-refractivity contribution in [3.05, 3.63) is 106 Å². The lowest BCUT2D eigenvalue weighted by Crippen LogP contribution is -2.22. The van der Waals surface area contributed by atoms with Crippen molar-refractivity contribution in [3.63, 3.8) is 0 Å². The summed E-state index contributed by atoms with van der Waals surface area (Å²) in [6, 6.07) is 13.3. The van der Waals surface area contributed by atoms with Crippen LogP contribution < -0.4 is 14.8 Å².